The molecule has 0 aromatic carbocycles. The van der Waals surface area contributed by atoms with Crippen molar-refractivity contribution >= 4 is 5.97 Å². The summed E-state index contributed by atoms with van der Waals surface area (Å²) in [6, 6.07) is 1.65. The molecule has 2 heterocycles. The highest BCUT2D eigenvalue weighted by atomic mass is 16.4. The molecule has 6 nitrogen and oxygen atoms in total. The van der Waals surface area contributed by atoms with Gasteiger partial charge in [-0.2, -0.15) is 5.10 Å². The molecule has 0 amide bonds. The molecule has 19 heavy (non-hydrogen) atoms. The quantitative estimate of drug-likeness (QED) is 0.827. The maximum absolute atomic E-state index is 11.1. The van der Waals surface area contributed by atoms with Gasteiger partial charge in [0.1, 0.15) is 6.04 Å². The number of aromatic nitrogens is 2. The fourth-order valence-corrected chi connectivity index (χ4v) is 2.41. The minimum Gasteiger partial charge on any atom is -0.480 e. The van der Waals surface area contributed by atoms with Gasteiger partial charge in [-0.05, 0) is 19.4 Å². The van der Waals surface area contributed by atoms with Crippen molar-refractivity contribution in [2.45, 2.75) is 51.4 Å². The van der Waals surface area contributed by atoms with Gasteiger partial charge in [-0.15, -0.1) is 0 Å². The molecule has 6 heteroatoms. The molecular formula is C13H21N3O3. The Balaban J connectivity index is 2.04. The van der Waals surface area contributed by atoms with E-state index in [4.69, 9.17) is 5.11 Å². The van der Waals surface area contributed by atoms with Gasteiger partial charge in [-0.25, -0.2) is 0 Å². The number of likely N-dealkylation sites (tertiary alicyclic amines) is 1. The first-order valence-electron chi connectivity index (χ1n) is 6.70. The van der Waals surface area contributed by atoms with E-state index in [1.165, 1.54) is 0 Å². The van der Waals surface area contributed by atoms with Crippen LogP contribution in [-0.4, -0.2) is 49.6 Å². The van der Waals surface area contributed by atoms with Gasteiger partial charge >= 0.3 is 5.97 Å². The number of β-amino-alcohol motifs (C(OH)–C–C–N with tert-alkyl or cyclic N) is 1. The summed E-state index contributed by atoms with van der Waals surface area (Å²) >= 11 is 0. The average molecular weight is 267 g/mol. The van der Waals surface area contributed by atoms with Crippen molar-refractivity contribution in [1.82, 2.24) is 14.7 Å². The predicted octanol–water partition coefficient (Wildman–Crippen LogP) is 0.874. The maximum Gasteiger partial charge on any atom is 0.321 e. The van der Waals surface area contributed by atoms with Crippen molar-refractivity contribution in [2.75, 3.05) is 6.54 Å². The summed E-state index contributed by atoms with van der Waals surface area (Å²) in [7, 11) is 0. The molecule has 0 spiro atoms. The normalized spacial score (nSPS) is 25.6. The molecular weight excluding hydrogens is 246 g/mol. The second-order valence-corrected chi connectivity index (χ2v) is 5.22. The van der Waals surface area contributed by atoms with Crippen molar-refractivity contribution in [3.63, 3.8) is 0 Å². The first kappa shape index (κ1) is 14.0. The van der Waals surface area contributed by atoms with Crippen molar-refractivity contribution in [1.29, 1.82) is 0 Å². The monoisotopic (exact) mass is 267 g/mol. The van der Waals surface area contributed by atoms with E-state index in [2.05, 4.69) is 18.9 Å². The summed E-state index contributed by atoms with van der Waals surface area (Å²) in [5.74, 6) is -0.877. The second kappa shape index (κ2) is 5.71. The number of aliphatic hydroxyl groups excluding tert-OH is 1. The van der Waals surface area contributed by atoms with Crippen LogP contribution in [0.5, 0.6) is 0 Å². The fraction of sp³-hybridized carbons (Fsp3) is 0.692. The van der Waals surface area contributed by atoms with Gasteiger partial charge < -0.3 is 10.2 Å². The third kappa shape index (κ3) is 3.13. The molecule has 0 bridgehead atoms. The lowest BCUT2D eigenvalue weighted by atomic mass is 10.2. The Hall–Kier alpha value is -1.40. The highest BCUT2D eigenvalue weighted by molar-refractivity contribution is 5.74. The zero-order valence-electron chi connectivity index (χ0n) is 11.4. The minimum absolute atomic E-state index is 0.293. The van der Waals surface area contributed by atoms with Crippen LogP contribution in [0.25, 0.3) is 0 Å². The van der Waals surface area contributed by atoms with Crippen LogP contribution in [0.4, 0.5) is 0 Å². The summed E-state index contributed by atoms with van der Waals surface area (Å²) in [5, 5.41) is 23.2. The Morgan fingerprint density at radius 3 is 3.00 bits per heavy atom. The smallest absolute Gasteiger partial charge is 0.321 e. The van der Waals surface area contributed by atoms with Crippen LogP contribution >= 0.6 is 0 Å². The highest BCUT2D eigenvalue weighted by Gasteiger charge is 2.36. The third-order valence-electron chi connectivity index (χ3n) is 3.74. The van der Waals surface area contributed by atoms with E-state index in [9.17, 15) is 9.90 Å². The van der Waals surface area contributed by atoms with E-state index in [-0.39, 0.29) is 0 Å². The van der Waals surface area contributed by atoms with Crippen LogP contribution in [0.1, 0.15) is 38.4 Å². The summed E-state index contributed by atoms with van der Waals surface area (Å²) in [6.45, 7) is 5.06. The molecule has 3 atom stereocenters. The van der Waals surface area contributed by atoms with Gasteiger partial charge in [-0.3, -0.25) is 14.4 Å². The number of aliphatic hydroxyl groups is 1. The molecule has 1 aromatic rings. The summed E-state index contributed by atoms with van der Waals surface area (Å²) in [5.41, 5.74) is 0.848. The van der Waals surface area contributed by atoms with Gasteiger partial charge in [0, 0.05) is 31.7 Å². The minimum atomic E-state index is -0.877. The predicted molar refractivity (Wildman–Crippen MR) is 69.7 cm³/mol. The molecule has 1 fully saturated rings. The van der Waals surface area contributed by atoms with Crippen molar-refractivity contribution < 1.29 is 15.0 Å². The molecule has 106 valence electrons. The fourth-order valence-electron chi connectivity index (χ4n) is 2.41. The molecule has 3 unspecified atom stereocenters. The third-order valence-corrected chi connectivity index (χ3v) is 3.74. The average Bonchev–Trinajstić information content (AvgIpc) is 2.96. The van der Waals surface area contributed by atoms with Crippen LogP contribution in [0, 0.1) is 0 Å². The molecule has 0 radical (unpaired) electrons. The second-order valence-electron chi connectivity index (χ2n) is 5.22. The molecule has 1 aliphatic rings. The van der Waals surface area contributed by atoms with E-state index in [1.807, 2.05) is 16.9 Å². The van der Waals surface area contributed by atoms with Crippen LogP contribution in [-0.2, 0) is 11.3 Å². The molecule has 0 aliphatic carbocycles. The van der Waals surface area contributed by atoms with Gasteiger partial charge in [0.2, 0.25) is 0 Å². The molecule has 1 aromatic heterocycles. The highest BCUT2D eigenvalue weighted by Crippen LogP contribution is 2.20. The lowest BCUT2D eigenvalue weighted by molar-refractivity contribution is -0.142. The topological polar surface area (TPSA) is 78.6 Å². The molecule has 0 saturated carbocycles. The lowest BCUT2D eigenvalue weighted by Gasteiger charge is -2.19. The first-order valence-corrected chi connectivity index (χ1v) is 6.70. The van der Waals surface area contributed by atoms with Gasteiger partial charge in [0.25, 0.3) is 0 Å². The largest absolute Gasteiger partial charge is 0.480 e. The van der Waals surface area contributed by atoms with Gasteiger partial charge in [0.05, 0.1) is 11.8 Å². The SMILES string of the molecule is CCC(C)n1ccc(CN2CC(O)CC2C(=O)O)n1. The number of aliphatic carboxylic acids is 1. The van der Waals surface area contributed by atoms with E-state index < -0.39 is 18.1 Å². The van der Waals surface area contributed by atoms with Crippen LogP contribution < -0.4 is 0 Å². The van der Waals surface area contributed by atoms with Gasteiger partial charge in [-0.1, -0.05) is 6.92 Å². The van der Waals surface area contributed by atoms with Crippen LogP contribution in [0.3, 0.4) is 0 Å². The first-order chi connectivity index (χ1) is 9.01. The van der Waals surface area contributed by atoms with Crippen LogP contribution in [0.15, 0.2) is 12.3 Å². The molecule has 1 aliphatic heterocycles. The van der Waals surface area contributed by atoms with Crippen molar-refractivity contribution in [3.05, 3.63) is 18.0 Å². The van der Waals surface area contributed by atoms with E-state index in [0.29, 0.717) is 25.6 Å². The van der Waals surface area contributed by atoms with E-state index in [1.54, 1.807) is 4.90 Å². The Morgan fingerprint density at radius 1 is 1.63 bits per heavy atom. The standard InChI is InChI=1S/C13H21N3O3/c1-3-9(2)16-5-4-10(14-16)7-15-8-11(17)6-12(15)13(18)19/h4-5,9,11-12,17H,3,6-8H2,1-2H3,(H,18,19). The summed E-state index contributed by atoms with van der Waals surface area (Å²) in [4.78, 5) is 12.9. The number of hydrogen-bond acceptors (Lipinski definition) is 4. The molecule has 2 N–H and O–H groups in total. The number of hydrogen-bond donors (Lipinski definition) is 2. The number of carbonyl (C=O) groups is 1. The zero-order valence-corrected chi connectivity index (χ0v) is 11.4. The van der Waals surface area contributed by atoms with Crippen molar-refractivity contribution in [2.24, 2.45) is 0 Å². The van der Waals surface area contributed by atoms with Crippen LogP contribution in [0.2, 0.25) is 0 Å². The maximum atomic E-state index is 11.1. The van der Waals surface area contributed by atoms with E-state index >= 15 is 0 Å². The van der Waals surface area contributed by atoms with E-state index in [0.717, 1.165) is 12.1 Å². The Bertz CT molecular complexity index is 446. The van der Waals surface area contributed by atoms with Gasteiger partial charge in [0.15, 0.2) is 0 Å². The number of carboxylic acids is 1. The number of rotatable bonds is 5. The van der Waals surface area contributed by atoms with Crippen molar-refractivity contribution in [3.8, 4) is 0 Å². The Morgan fingerprint density at radius 2 is 2.37 bits per heavy atom. The summed E-state index contributed by atoms with van der Waals surface area (Å²) in [6.07, 6.45) is 2.66. The summed E-state index contributed by atoms with van der Waals surface area (Å²) < 4.78 is 1.90. The number of nitrogens with zero attached hydrogens (tertiary/aromatic N) is 3. The molecule has 2 rings (SSSR count). The lowest BCUT2D eigenvalue weighted by Crippen LogP contribution is -2.35. The molecule has 1 saturated heterocycles. The zero-order chi connectivity index (χ0) is 14.0. The Labute approximate surface area is 112 Å². The Kier molecular flexibility index (Phi) is 4.21. The number of carboxylic acid groups (broad SMARTS) is 1.